The van der Waals surface area contributed by atoms with Gasteiger partial charge in [0.15, 0.2) is 0 Å². The third kappa shape index (κ3) is 2.65. The van der Waals surface area contributed by atoms with Crippen LogP contribution in [-0.4, -0.2) is 22.2 Å². The summed E-state index contributed by atoms with van der Waals surface area (Å²) < 4.78 is 6.58. The number of halogens is 1. The van der Waals surface area contributed by atoms with Gasteiger partial charge in [0, 0.05) is 5.56 Å². The molecule has 0 unspecified atom stereocenters. The number of carbonyl (C=O) groups excluding carboxylic acids is 1. The Balaban J connectivity index is 2.43. The first-order valence-electron chi connectivity index (χ1n) is 7.85. The Morgan fingerprint density at radius 1 is 1.32 bits per heavy atom. The molecule has 1 aromatic carbocycles. The van der Waals surface area contributed by atoms with Crippen molar-refractivity contribution >= 4 is 23.1 Å². The molecule has 126 valence electrons. The van der Waals surface area contributed by atoms with Crippen LogP contribution in [0, 0.1) is 25.2 Å². The summed E-state index contributed by atoms with van der Waals surface area (Å²) in [5, 5.41) is 14.5. The smallest absolute Gasteiger partial charge is 0.342 e. The van der Waals surface area contributed by atoms with Gasteiger partial charge in [0.2, 0.25) is 0 Å². The predicted molar refractivity (Wildman–Crippen MR) is 95.8 cm³/mol. The molecular weight excluding hydrogens is 338 g/mol. The summed E-state index contributed by atoms with van der Waals surface area (Å²) in [4.78, 5) is 12.4. The van der Waals surface area contributed by atoms with Crippen molar-refractivity contribution in [2.24, 2.45) is 0 Å². The van der Waals surface area contributed by atoms with E-state index in [1.807, 2.05) is 37.3 Å². The molecule has 0 fully saturated rings. The van der Waals surface area contributed by atoms with E-state index in [9.17, 15) is 10.1 Å². The molecule has 25 heavy (non-hydrogen) atoms. The largest absolute Gasteiger partial charge is 0.462 e. The number of nitrogens with zero attached hydrogens (tertiary/aromatic N) is 3. The molecule has 0 atom stereocenters. The number of aromatic nitrogens is 2. The summed E-state index contributed by atoms with van der Waals surface area (Å²) in [6, 6.07) is 11.8. The summed E-state index contributed by atoms with van der Waals surface area (Å²) in [6.45, 7) is 5.50. The second-order valence-electron chi connectivity index (χ2n) is 5.58. The van der Waals surface area contributed by atoms with Gasteiger partial charge in [-0.3, -0.25) is 0 Å². The lowest BCUT2D eigenvalue weighted by Crippen LogP contribution is -2.07. The minimum absolute atomic E-state index is 0.242. The first-order chi connectivity index (χ1) is 12.0. The Morgan fingerprint density at radius 3 is 2.60 bits per heavy atom. The average molecular weight is 354 g/mol. The van der Waals surface area contributed by atoms with Gasteiger partial charge in [-0.05, 0) is 31.9 Å². The zero-order chi connectivity index (χ0) is 18.1. The van der Waals surface area contributed by atoms with Crippen LogP contribution in [0.2, 0.25) is 5.15 Å². The minimum atomic E-state index is -0.505. The molecule has 2 heterocycles. The third-order valence-corrected chi connectivity index (χ3v) is 4.44. The molecule has 0 aliphatic rings. The van der Waals surface area contributed by atoms with E-state index in [-0.39, 0.29) is 12.2 Å². The van der Waals surface area contributed by atoms with Gasteiger partial charge in [-0.2, -0.15) is 10.4 Å². The lowest BCUT2D eigenvalue weighted by atomic mass is 9.97. The first kappa shape index (κ1) is 17.0. The monoisotopic (exact) mass is 353 g/mol. The van der Waals surface area contributed by atoms with Crippen LogP contribution in [0.25, 0.3) is 16.6 Å². The van der Waals surface area contributed by atoms with Gasteiger partial charge < -0.3 is 4.74 Å². The molecule has 2 aromatic heterocycles. The maximum absolute atomic E-state index is 12.4. The van der Waals surface area contributed by atoms with Crippen LogP contribution in [-0.2, 0) is 4.74 Å². The van der Waals surface area contributed by atoms with Crippen molar-refractivity contribution in [2.75, 3.05) is 6.61 Å². The number of esters is 1. The minimum Gasteiger partial charge on any atom is -0.462 e. The highest BCUT2D eigenvalue weighted by Gasteiger charge is 2.26. The molecule has 6 heteroatoms. The van der Waals surface area contributed by atoms with Gasteiger partial charge in [0.1, 0.15) is 22.3 Å². The highest BCUT2D eigenvalue weighted by atomic mass is 35.5. The van der Waals surface area contributed by atoms with Crippen molar-refractivity contribution in [2.45, 2.75) is 20.8 Å². The zero-order valence-corrected chi connectivity index (χ0v) is 14.9. The Morgan fingerprint density at radius 2 is 2.00 bits per heavy atom. The van der Waals surface area contributed by atoms with Crippen LogP contribution in [0.1, 0.15) is 34.1 Å². The number of hydrogen-bond donors (Lipinski definition) is 0. The fourth-order valence-electron chi connectivity index (χ4n) is 2.99. The number of fused-ring (bicyclic) bond motifs is 1. The van der Waals surface area contributed by atoms with E-state index in [0.717, 1.165) is 11.1 Å². The number of hydrogen-bond acceptors (Lipinski definition) is 4. The fourth-order valence-corrected chi connectivity index (χ4v) is 3.36. The molecular formula is C19H16ClN3O2. The van der Waals surface area contributed by atoms with E-state index in [0.29, 0.717) is 27.5 Å². The molecule has 0 aliphatic heterocycles. The van der Waals surface area contributed by atoms with Gasteiger partial charge in [0.05, 0.1) is 17.9 Å². The lowest BCUT2D eigenvalue weighted by molar-refractivity contribution is 0.0528. The molecule has 0 N–H and O–H groups in total. The summed E-state index contributed by atoms with van der Waals surface area (Å²) in [5.74, 6) is -0.505. The van der Waals surface area contributed by atoms with Crippen LogP contribution < -0.4 is 0 Å². The van der Waals surface area contributed by atoms with Crippen LogP contribution in [0.5, 0.6) is 0 Å². The van der Waals surface area contributed by atoms with E-state index >= 15 is 0 Å². The number of pyridine rings is 1. The molecule has 0 bridgehead atoms. The van der Waals surface area contributed by atoms with Crippen molar-refractivity contribution in [1.82, 2.24) is 9.61 Å². The molecule has 3 rings (SSSR count). The number of rotatable bonds is 3. The molecule has 0 amide bonds. The summed E-state index contributed by atoms with van der Waals surface area (Å²) in [5.41, 5.74) is 3.83. The van der Waals surface area contributed by atoms with E-state index in [1.165, 1.54) is 4.52 Å². The Hall–Kier alpha value is -2.84. The molecule has 0 aliphatic carbocycles. The van der Waals surface area contributed by atoms with Crippen LogP contribution in [0.15, 0.2) is 30.3 Å². The third-order valence-electron chi connectivity index (χ3n) is 4.09. The van der Waals surface area contributed by atoms with Gasteiger partial charge >= 0.3 is 5.97 Å². The average Bonchev–Trinajstić information content (AvgIpc) is 2.94. The Bertz CT molecular complexity index is 1020. The van der Waals surface area contributed by atoms with E-state index < -0.39 is 5.97 Å². The second kappa shape index (κ2) is 6.58. The van der Waals surface area contributed by atoms with Crippen molar-refractivity contribution < 1.29 is 9.53 Å². The number of nitriles is 1. The maximum atomic E-state index is 12.4. The van der Waals surface area contributed by atoms with E-state index in [1.54, 1.807) is 13.8 Å². The maximum Gasteiger partial charge on any atom is 0.342 e. The van der Waals surface area contributed by atoms with Gasteiger partial charge in [-0.15, -0.1) is 0 Å². The van der Waals surface area contributed by atoms with Crippen LogP contribution in [0.4, 0.5) is 0 Å². The highest BCUT2D eigenvalue weighted by Crippen LogP contribution is 2.36. The molecule has 3 aromatic rings. The van der Waals surface area contributed by atoms with Gasteiger partial charge in [0.25, 0.3) is 0 Å². The molecule has 0 spiro atoms. The van der Waals surface area contributed by atoms with Crippen LogP contribution in [0.3, 0.4) is 0 Å². The number of benzene rings is 1. The Kier molecular flexibility index (Phi) is 4.47. The second-order valence-corrected chi connectivity index (χ2v) is 5.94. The Labute approximate surface area is 150 Å². The van der Waals surface area contributed by atoms with Gasteiger partial charge in [-0.1, -0.05) is 41.9 Å². The number of aryl methyl sites for hydroxylation is 1. The highest BCUT2D eigenvalue weighted by molar-refractivity contribution is 6.33. The van der Waals surface area contributed by atoms with E-state index in [2.05, 4.69) is 11.2 Å². The van der Waals surface area contributed by atoms with Crippen LogP contribution >= 0.6 is 11.6 Å². The van der Waals surface area contributed by atoms with Crippen molar-refractivity contribution in [3.05, 3.63) is 57.9 Å². The fraction of sp³-hybridized carbons (Fsp3) is 0.211. The normalized spacial score (nSPS) is 10.7. The van der Waals surface area contributed by atoms with Crippen molar-refractivity contribution in [1.29, 1.82) is 5.26 Å². The molecule has 5 nitrogen and oxygen atoms in total. The summed E-state index contributed by atoms with van der Waals surface area (Å²) >= 11 is 6.62. The standard InChI is InChI=1S/C19H16ClN3O2/c1-4-25-19(24)16-12(3)22-23-17(16)14(10-21)11(2)15(18(23)20)13-8-6-5-7-9-13/h5-9H,4H2,1-3H3. The molecule has 0 saturated heterocycles. The predicted octanol–water partition coefficient (Wildman–Crippen LogP) is 4.32. The topological polar surface area (TPSA) is 67.4 Å². The quantitative estimate of drug-likeness (QED) is 0.519. The lowest BCUT2D eigenvalue weighted by Gasteiger charge is -2.13. The molecule has 0 saturated carbocycles. The number of ether oxygens (including phenoxy) is 1. The van der Waals surface area contributed by atoms with E-state index in [4.69, 9.17) is 16.3 Å². The molecule has 0 radical (unpaired) electrons. The SMILES string of the molecule is CCOC(=O)c1c(C)nn2c(Cl)c(-c3ccccc3)c(C)c(C#N)c12. The summed E-state index contributed by atoms with van der Waals surface area (Å²) in [6.07, 6.45) is 0. The summed E-state index contributed by atoms with van der Waals surface area (Å²) in [7, 11) is 0. The number of carbonyl (C=O) groups is 1. The van der Waals surface area contributed by atoms with Crippen molar-refractivity contribution in [3.8, 4) is 17.2 Å². The van der Waals surface area contributed by atoms with Gasteiger partial charge in [-0.25, -0.2) is 9.31 Å². The first-order valence-corrected chi connectivity index (χ1v) is 8.23. The zero-order valence-electron chi connectivity index (χ0n) is 14.1. The van der Waals surface area contributed by atoms with Crippen molar-refractivity contribution in [3.63, 3.8) is 0 Å².